The number of hydrazine groups is 1. The van der Waals surface area contributed by atoms with Crippen LogP contribution in [0.15, 0.2) is 72.8 Å². The Morgan fingerprint density at radius 2 is 0.862 bits per heavy atom. The second-order valence-corrected chi connectivity index (χ2v) is 16.3. The maximum Gasteiger partial charge on any atom is 0.341 e. The first-order valence-corrected chi connectivity index (χ1v) is 21.5. The Kier molecular flexibility index (Phi) is 22.6. The molecule has 0 aliphatic carbocycles. The Hall–Kier alpha value is -4.18. The number of piperazine rings is 2. The maximum absolute atomic E-state index is 13.4. The number of ketones is 1. The van der Waals surface area contributed by atoms with E-state index in [2.05, 4.69) is 9.80 Å². The topological polar surface area (TPSA) is 171 Å². The maximum atomic E-state index is 13.4. The predicted molar refractivity (Wildman–Crippen MR) is 237 cm³/mol. The fraction of sp³-hybridized carbons (Fsp3) is 0.395. The molecule has 0 bridgehead atoms. The van der Waals surface area contributed by atoms with Crippen molar-refractivity contribution in [1.29, 1.82) is 0 Å². The van der Waals surface area contributed by atoms with Crippen LogP contribution >= 0.6 is 46.4 Å². The van der Waals surface area contributed by atoms with E-state index >= 15 is 0 Å². The van der Waals surface area contributed by atoms with Crippen LogP contribution in [-0.4, -0.2) is 157 Å². The van der Waals surface area contributed by atoms with Crippen molar-refractivity contribution in [2.45, 2.75) is 12.2 Å². The van der Waals surface area contributed by atoms with Crippen molar-refractivity contribution in [3.05, 3.63) is 116 Å². The molecule has 0 radical (unpaired) electrons. The summed E-state index contributed by atoms with van der Waals surface area (Å²) in [6, 6.07) is 16.1. The van der Waals surface area contributed by atoms with Gasteiger partial charge < -0.3 is 34.3 Å². The van der Waals surface area contributed by atoms with Crippen molar-refractivity contribution in [3.63, 3.8) is 0 Å². The zero-order chi connectivity index (χ0) is 47.5. The highest BCUT2D eigenvalue weighted by atomic mass is 35.5. The van der Waals surface area contributed by atoms with Gasteiger partial charge in [-0.15, -0.1) is 0 Å². The van der Waals surface area contributed by atoms with Crippen LogP contribution in [0.5, 0.6) is 23.0 Å². The summed E-state index contributed by atoms with van der Waals surface area (Å²) < 4.78 is 73.6. The van der Waals surface area contributed by atoms with E-state index in [-0.39, 0.29) is 63.7 Å². The number of rotatable bonds is 18. The Morgan fingerprint density at radius 1 is 0.538 bits per heavy atom. The second kappa shape index (κ2) is 27.5. The van der Waals surface area contributed by atoms with Crippen molar-refractivity contribution in [1.82, 2.24) is 19.7 Å². The molecule has 0 amide bonds. The molecule has 2 atom stereocenters. The Labute approximate surface area is 393 Å². The van der Waals surface area contributed by atoms with E-state index in [0.717, 1.165) is 38.3 Å². The number of aliphatic carboxylic acids is 1. The quantitative estimate of drug-likeness (QED) is 0.0684. The van der Waals surface area contributed by atoms with E-state index in [9.17, 15) is 37.4 Å². The van der Waals surface area contributed by atoms with Crippen LogP contribution in [0.2, 0.25) is 20.1 Å². The van der Waals surface area contributed by atoms with Gasteiger partial charge in [0.1, 0.15) is 78.3 Å². The van der Waals surface area contributed by atoms with Gasteiger partial charge in [-0.05, 0) is 48.5 Å². The number of benzene rings is 4. The van der Waals surface area contributed by atoms with Crippen molar-refractivity contribution in [2.75, 3.05) is 98.4 Å². The first kappa shape index (κ1) is 53.4. The molecule has 4 aromatic carbocycles. The zero-order valence-electron chi connectivity index (χ0n) is 34.9. The summed E-state index contributed by atoms with van der Waals surface area (Å²) in [5.41, 5.74) is 0. The first-order chi connectivity index (χ1) is 30.9. The van der Waals surface area contributed by atoms with Crippen LogP contribution in [0.25, 0.3) is 0 Å². The summed E-state index contributed by atoms with van der Waals surface area (Å²) in [5.74, 6) is 3.16. The molecular formula is C43H49Cl4F4N5O9. The van der Waals surface area contributed by atoms with Crippen molar-refractivity contribution in [2.24, 2.45) is 5.84 Å². The predicted octanol–water partition coefficient (Wildman–Crippen LogP) is 5.93. The molecule has 2 saturated heterocycles. The minimum atomic E-state index is -1.12. The number of hydrogen-bond acceptors (Lipinski definition) is 13. The number of nitrogens with two attached hydrogens (primary N) is 1. The molecule has 2 unspecified atom stereocenters. The highest BCUT2D eigenvalue weighted by Gasteiger charge is 2.22. The largest absolute Gasteiger partial charge is 0.491 e. The van der Waals surface area contributed by atoms with E-state index < -0.39 is 48.1 Å². The lowest BCUT2D eigenvalue weighted by atomic mass is 10.2. The number of ether oxygens (including phenoxy) is 4. The molecule has 2 heterocycles. The van der Waals surface area contributed by atoms with Crippen LogP contribution < -0.4 is 24.8 Å². The number of halogens is 8. The van der Waals surface area contributed by atoms with Crippen molar-refractivity contribution < 1.29 is 61.4 Å². The number of β-amino-alcohol motifs (C(OH)–C–C–N with tert-alkyl or cyclic N) is 2. The minimum Gasteiger partial charge on any atom is -0.491 e. The van der Waals surface area contributed by atoms with Crippen molar-refractivity contribution in [3.8, 4) is 23.0 Å². The molecule has 2 aliphatic heterocycles. The first-order valence-electron chi connectivity index (χ1n) is 20.0. The molecule has 356 valence electrons. The number of nitrogens with zero attached hydrogens (tertiary/aromatic N) is 4. The number of hydrogen-bond donors (Lipinski definition) is 4. The number of carboxylic acids is 1. The van der Waals surface area contributed by atoms with Crippen LogP contribution in [0, 0.1) is 23.3 Å². The average molecular weight is 998 g/mol. The molecule has 6 rings (SSSR count). The Morgan fingerprint density at radius 3 is 1.22 bits per heavy atom. The average Bonchev–Trinajstić information content (AvgIpc) is 3.27. The van der Waals surface area contributed by atoms with Gasteiger partial charge >= 0.3 is 5.97 Å². The smallest absolute Gasteiger partial charge is 0.341 e. The fourth-order valence-corrected chi connectivity index (χ4v) is 6.50. The van der Waals surface area contributed by atoms with Crippen molar-refractivity contribution >= 4 is 58.2 Å². The lowest BCUT2D eigenvalue weighted by molar-refractivity contribution is -0.139. The van der Waals surface area contributed by atoms with Gasteiger partial charge in [-0.2, -0.15) is 0 Å². The molecule has 5 N–H and O–H groups in total. The Balaban J connectivity index is 0.000000238. The summed E-state index contributed by atoms with van der Waals surface area (Å²) >= 11 is 22.2. The van der Waals surface area contributed by atoms with Gasteiger partial charge in [0.2, 0.25) is 0 Å². The van der Waals surface area contributed by atoms with E-state index in [0.29, 0.717) is 50.8 Å². The minimum absolute atomic E-state index is 0.00268. The number of carbonyl (C=O) groups excluding carboxylic acids is 1. The van der Waals surface area contributed by atoms with Gasteiger partial charge in [0.15, 0.2) is 12.4 Å². The highest BCUT2D eigenvalue weighted by molar-refractivity contribution is 6.31. The standard InChI is InChI=1S/C22H24Cl2F2N2O4.C13H19ClFN3O2.C8H6ClFO3/c23-19-3-1-17(9-21(19)25)31-13-15(29)11-27-5-7-28(8-6-27)12-16(30)14-32-18-2-4-20(24)22(26)10-18;14-12-2-1-11(7-13(12)15)20-9-10(19)8-17-3-5-18(16)6-4-17;9-6-2-1-5(3-7(6)10)13-4-8(11)12/h1-4,9-10,15,29H,5-8,11-14H2;1-2,7,10,19H,3-6,8-9,16H2;1-3H,4H2,(H,11,12). The zero-order valence-corrected chi connectivity index (χ0v) is 37.9. The number of aliphatic hydroxyl groups is 2. The van der Waals surface area contributed by atoms with Gasteiger partial charge in [0.05, 0.1) is 26.6 Å². The third-order valence-electron chi connectivity index (χ3n) is 9.42. The molecule has 22 heteroatoms. The number of carbonyl (C=O) groups is 2. The lowest BCUT2D eigenvalue weighted by Crippen LogP contribution is -2.51. The van der Waals surface area contributed by atoms with E-state index in [1.807, 2.05) is 4.90 Å². The SMILES string of the molecule is NN1CCN(CC(O)COc2ccc(Cl)c(F)c2)CC1.O=C(COc1ccc(Cl)c(F)c1)CN1CCN(CC(O)COc2ccc(Cl)c(F)c2)CC1.O=C(O)COc1ccc(Cl)c(F)c1. The van der Waals surface area contributed by atoms with Gasteiger partial charge in [0, 0.05) is 89.7 Å². The normalized spacial score (nSPS) is 15.7. The molecule has 65 heavy (non-hydrogen) atoms. The highest BCUT2D eigenvalue weighted by Crippen LogP contribution is 2.23. The molecule has 0 aromatic heterocycles. The van der Waals surface area contributed by atoms with Gasteiger partial charge in [-0.1, -0.05) is 46.4 Å². The van der Waals surface area contributed by atoms with E-state index in [1.165, 1.54) is 48.5 Å². The fourth-order valence-electron chi connectivity index (χ4n) is 6.03. The summed E-state index contributed by atoms with van der Waals surface area (Å²) in [4.78, 5) is 28.5. The van der Waals surface area contributed by atoms with Gasteiger partial charge in [-0.3, -0.25) is 25.3 Å². The summed E-state index contributed by atoms with van der Waals surface area (Å²) in [6.07, 6.45) is -1.37. The third kappa shape index (κ3) is 20.1. The number of aliphatic hydroxyl groups excluding tert-OH is 2. The van der Waals surface area contributed by atoms with Gasteiger partial charge in [0.25, 0.3) is 0 Å². The summed E-state index contributed by atoms with van der Waals surface area (Å²) in [7, 11) is 0. The monoisotopic (exact) mass is 995 g/mol. The molecule has 2 aliphatic rings. The third-order valence-corrected chi connectivity index (χ3v) is 10.6. The summed E-state index contributed by atoms with van der Waals surface area (Å²) in [5, 5.41) is 30.2. The van der Waals surface area contributed by atoms with E-state index in [4.69, 9.17) is 76.3 Å². The van der Waals surface area contributed by atoms with Crippen LogP contribution in [-0.2, 0) is 9.59 Å². The summed E-state index contributed by atoms with van der Waals surface area (Å²) in [6.45, 7) is 6.57. The lowest BCUT2D eigenvalue weighted by Gasteiger charge is -2.35. The number of carboxylic acid groups (broad SMARTS) is 1. The van der Waals surface area contributed by atoms with Crippen LogP contribution in [0.4, 0.5) is 17.6 Å². The van der Waals surface area contributed by atoms with Crippen LogP contribution in [0.3, 0.4) is 0 Å². The molecule has 2 fully saturated rings. The second-order valence-electron chi connectivity index (χ2n) is 14.7. The van der Waals surface area contributed by atoms with Crippen LogP contribution in [0.1, 0.15) is 0 Å². The molecule has 0 spiro atoms. The van der Waals surface area contributed by atoms with Gasteiger partial charge in [-0.25, -0.2) is 27.4 Å². The number of Topliss-reactive ketones (excluding diaryl/α,β-unsaturated/α-hetero) is 1. The Bertz CT molecular complexity index is 2140. The molecule has 4 aromatic rings. The van der Waals surface area contributed by atoms with E-state index in [1.54, 1.807) is 17.1 Å². The molecule has 14 nitrogen and oxygen atoms in total. The molecule has 0 saturated carbocycles. The molecular weight excluding hydrogens is 948 g/mol.